The van der Waals surface area contributed by atoms with Crippen LogP contribution in [0.15, 0.2) is 60.7 Å². The van der Waals surface area contributed by atoms with E-state index in [-0.39, 0.29) is 11.8 Å². The Bertz CT molecular complexity index is 1090. The molecule has 0 saturated heterocycles. The molecule has 0 spiro atoms. The van der Waals surface area contributed by atoms with Crippen LogP contribution in [-0.4, -0.2) is 33.1 Å². The molecule has 0 unspecified atom stereocenters. The quantitative estimate of drug-likeness (QED) is 0.476. The van der Waals surface area contributed by atoms with Gasteiger partial charge in [-0.15, -0.1) is 0 Å². The second kappa shape index (κ2) is 10.2. The van der Waals surface area contributed by atoms with Crippen LogP contribution in [0.4, 0.5) is 22.7 Å². The maximum Gasteiger partial charge on any atom is 0.255 e. The van der Waals surface area contributed by atoms with Gasteiger partial charge in [-0.05, 0) is 42.5 Å². The summed E-state index contributed by atoms with van der Waals surface area (Å²) in [6.45, 7) is 1.44. The summed E-state index contributed by atoms with van der Waals surface area (Å²) in [7, 11) is 4.65. The van der Waals surface area contributed by atoms with Gasteiger partial charge in [-0.25, -0.2) is 0 Å². The van der Waals surface area contributed by atoms with Crippen molar-refractivity contribution >= 4 is 34.6 Å². The summed E-state index contributed by atoms with van der Waals surface area (Å²) >= 11 is 0. The number of carbonyl (C=O) groups excluding carboxylic acids is 2. The molecule has 0 aliphatic carbocycles. The van der Waals surface area contributed by atoms with E-state index in [4.69, 9.17) is 14.2 Å². The number of amides is 2. The Morgan fingerprint density at radius 2 is 1.28 bits per heavy atom. The van der Waals surface area contributed by atoms with E-state index in [0.717, 1.165) is 0 Å². The van der Waals surface area contributed by atoms with Crippen LogP contribution in [0.5, 0.6) is 17.2 Å². The molecule has 166 valence electrons. The lowest BCUT2D eigenvalue weighted by atomic mass is 10.1. The van der Waals surface area contributed by atoms with Crippen molar-refractivity contribution < 1.29 is 23.8 Å². The predicted octanol–water partition coefficient (Wildman–Crippen LogP) is 4.67. The van der Waals surface area contributed by atoms with E-state index in [1.165, 1.54) is 6.92 Å². The van der Waals surface area contributed by atoms with Crippen molar-refractivity contribution in [1.29, 1.82) is 0 Å². The Morgan fingerprint density at radius 3 is 1.81 bits per heavy atom. The van der Waals surface area contributed by atoms with Gasteiger partial charge in [-0.2, -0.15) is 0 Å². The molecule has 8 nitrogen and oxygen atoms in total. The van der Waals surface area contributed by atoms with Crippen LogP contribution in [0.25, 0.3) is 0 Å². The van der Waals surface area contributed by atoms with Crippen molar-refractivity contribution in [2.24, 2.45) is 0 Å². The number of hydrogen-bond acceptors (Lipinski definition) is 6. The van der Waals surface area contributed by atoms with Crippen LogP contribution in [0, 0.1) is 0 Å². The average molecular weight is 435 g/mol. The zero-order valence-electron chi connectivity index (χ0n) is 18.3. The van der Waals surface area contributed by atoms with Crippen LogP contribution in [0.1, 0.15) is 17.3 Å². The molecule has 0 aliphatic rings. The number of nitrogens with one attached hydrogen (secondary N) is 3. The fraction of sp³-hybridized carbons (Fsp3) is 0.167. The SMILES string of the molecule is COc1cc(Nc2cccc(C(=O)Nc3ccc(NC(C)=O)cc3)c2)cc(OC)c1OC. The molecule has 32 heavy (non-hydrogen) atoms. The Hall–Kier alpha value is -4.20. The number of rotatable bonds is 8. The van der Waals surface area contributed by atoms with Crippen molar-refractivity contribution in [3.05, 3.63) is 66.2 Å². The molecule has 0 bridgehead atoms. The molecule has 0 atom stereocenters. The largest absolute Gasteiger partial charge is 0.493 e. The van der Waals surface area contributed by atoms with Crippen molar-refractivity contribution in [3.8, 4) is 17.2 Å². The number of carbonyl (C=O) groups is 2. The van der Waals surface area contributed by atoms with E-state index < -0.39 is 0 Å². The molecule has 0 saturated carbocycles. The molecule has 0 aromatic heterocycles. The number of ether oxygens (including phenoxy) is 3. The van der Waals surface area contributed by atoms with Crippen molar-refractivity contribution in [1.82, 2.24) is 0 Å². The third-order valence-corrected chi connectivity index (χ3v) is 4.54. The first-order chi connectivity index (χ1) is 15.4. The first-order valence-electron chi connectivity index (χ1n) is 9.79. The fourth-order valence-electron chi connectivity index (χ4n) is 3.10. The molecule has 0 radical (unpaired) electrons. The minimum atomic E-state index is -0.259. The average Bonchev–Trinajstić information content (AvgIpc) is 2.79. The lowest BCUT2D eigenvalue weighted by Gasteiger charge is -2.15. The highest BCUT2D eigenvalue weighted by atomic mass is 16.5. The van der Waals surface area contributed by atoms with Crippen LogP contribution in [-0.2, 0) is 4.79 Å². The summed E-state index contributed by atoms with van der Waals surface area (Å²) in [4.78, 5) is 23.8. The van der Waals surface area contributed by atoms with Crippen LogP contribution in [0.2, 0.25) is 0 Å². The van der Waals surface area contributed by atoms with E-state index in [1.807, 2.05) is 6.07 Å². The molecule has 0 aliphatic heterocycles. The zero-order chi connectivity index (χ0) is 23.1. The standard InChI is InChI=1S/C24H25N3O5/c1-15(28)25-17-8-10-18(11-9-17)27-24(29)16-6-5-7-19(12-16)26-20-13-21(30-2)23(32-4)22(14-20)31-3/h5-14,26H,1-4H3,(H,25,28)(H,27,29). The van der Waals surface area contributed by atoms with Gasteiger partial charge in [0.2, 0.25) is 11.7 Å². The van der Waals surface area contributed by atoms with Gasteiger partial charge in [0.15, 0.2) is 11.5 Å². The highest BCUT2D eigenvalue weighted by Gasteiger charge is 2.14. The van der Waals surface area contributed by atoms with E-state index in [2.05, 4.69) is 16.0 Å². The van der Waals surface area contributed by atoms with E-state index in [1.54, 1.807) is 75.9 Å². The molecule has 3 rings (SSSR count). The van der Waals surface area contributed by atoms with E-state index in [0.29, 0.717) is 45.6 Å². The number of methoxy groups -OCH3 is 3. The number of benzene rings is 3. The van der Waals surface area contributed by atoms with Gasteiger partial charge in [-0.1, -0.05) is 6.07 Å². The van der Waals surface area contributed by atoms with Gasteiger partial charge in [0.05, 0.1) is 21.3 Å². The van der Waals surface area contributed by atoms with Crippen molar-refractivity contribution in [3.63, 3.8) is 0 Å². The van der Waals surface area contributed by atoms with Crippen LogP contribution >= 0.6 is 0 Å². The van der Waals surface area contributed by atoms with Crippen molar-refractivity contribution in [2.75, 3.05) is 37.3 Å². The van der Waals surface area contributed by atoms with Gasteiger partial charge < -0.3 is 30.2 Å². The normalized spacial score (nSPS) is 10.1. The maximum absolute atomic E-state index is 12.7. The van der Waals surface area contributed by atoms with E-state index >= 15 is 0 Å². The number of hydrogen-bond donors (Lipinski definition) is 3. The molecular formula is C24H25N3O5. The number of anilines is 4. The monoisotopic (exact) mass is 435 g/mol. The minimum absolute atomic E-state index is 0.154. The summed E-state index contributed by atoms with van der Waals surface area (Å²) in [5.41, 5.74) is 3.19. The molecule has 0 heterocycles. The summed E-state index contributed by atoms with van der Waals surface area (Å²) < 4.78 is 16.1. The summed E-state index contributed by atoms with van der Waals surface area (Å²) in [6.07, 6.45) is 0. The lowest BCUT2D eigenvalue weighted by Crippen LogP contribution is -2.12. The second-order valence-corrected chi connectivity index (χ2v) is 6.83. The molecule has 3 aromatic rings. The third-order valence-electron chi connectivity index (χ3n) is 4.54. The Balaban J connectivity index is 1.75. The Labute approximate surface area is 186 Å². The second-order valence-electron chi connectivity index (χ2n) is 6.83. The topological polar surface area (TPSA) is 97.9 Å². The van der Waals surface area contributed by atoms with Gasteiger partial charge in [0.1, 0.15) is 0 Å². The first-order valence-corrected chi connectivity index (χ1v) is 9.79. The fourth-order valence-corrected chi connectivity index (χ4v) is 3.10. The van der Waals surface area contributed by atoms with Gasteiger partial charge in [-0.3, -0.25) is 9.59 Å². The molecular weight excluding hydrogens is 410 g/mol. The lowest BCUT2D eigenvalue weighted by molar-refractivity contribution is -0.114. The zero-order valence-corrected chi connectivity index (χ0v) is 18.3. The predicted molar refractivity (Wildman–Crippen MR) is 125 cm³/mol. The first kappa shape index (κ1) is 22.5. The highest BCUT2D eigenvalue weighted by molar-refractivity contribution is 6.05. The summed E-state index contributed by atoms with van der Waals surface area (Å²) in [6, 6.07) is 17.6. The highest BCUT2D eigenvalue weighted by Crippen LogP contribution is 2.40. The summed E-state index contributed by atoms with van der Waals surface area (Å²) in [5, 5.41) is 8.78. The molecule has 3 N–H and O–H groups in total. The third kappa shape index (κ3) is 5.48. The van der Waals surface area contributed by atoms with Crippen molar-refractivity contribution in [2.45, 2.75) is 6.92 Å². The van der Waals surface area contributed by atoms with Gasteiger partial charge >= 0.3 is 0 Å². The maximum atomic E-state index is 12.7. The minimum Gasteiger partial charge on any atom is -0.493 e. The Kier molecular flexibility index (Phi) is 7.17. The van der Waals surface area contributed by atoms with Crippen LogP contribution < -0.4 is 30.2 Å². The van der Waals surface area contributed by atoms with Crippen LogP contribution in [0.3, 0.4) is 0 Å². The molecule has 8 heteroatoms. The van der Waals surface area contributed by atoms with E-state index in [9.17, 15) is 9.59 Å². The smallest absolute Gasteiger partial charge is 0.255 e. The van der Waals surface area contributed by atoms with Gasteiger partial charge in [0.25, 0.3) is 5.91 Å². The Morgan fingerprint density at radius 1 is 0.688 bits per heavy atom. The van der Waals surface area contributed by atoms with Gasteiger partial charge in [0, 0.05) is 47.4 Å². The molecule has 2 amide bonds. The summed E-state index contributed by atoms with van der Waals surface area (Å²) in [5.74, 6) is 1.12. The molecule has 3 aromatic carbocycles. The molecule has 0 fully saturated rings.